The molecule has 0 heterocycles. The molecule has 0 aromatic heterocycles. The van der Waals surface area contributed by atoms with Crippen molar-refractivity contribution in [3.63, 3.8) is 0 Å². The van der Waals surface area contributed by atoms with Crippen LogP contribution < -0.4 is 5.32 Å². The molecule has 9 nitrogen and oxygen atoms in total. The van der Waals surface area contributed by atoms with Gasteiger partial charge in [-0.1, -0.05) is 18.2 Å². The number of Topliss-reactive ketones (excluding diaryl/α,β-unsaturated/α-hetero) is 1. The first kappa shape index (κ1) is 22.5. The molecule has 0 saturated heterocycles. The summed E-state index contributed by atoms with van der Waals surface area (Å²) in [6.07, 6.45) is -0.677. The molecule has 0 bridgehead atoms. The van der Waals surface area contributed by atoms with Gasteiger partial charge < -0.3 is 9.47 Å². The number of carbonyl (C=O) groups excluding carboxylic acids is 3. The highest BCUT2D eigenvalue weighted by atomic mass is 16.6. The highest BCUT2D eigenvalue weighted by molar-refractivity contribution is 6.00. The summed E-state index contributed by atoms with van der Waals surface area (Å²) in [5, 5.41) is 13.5. The number of nitro benzene ring substituents is 1. The minimum atomic E-state index is -0.780. The molecule has 2 rings (SSSR count). The molecule has 0 saturated carbocycles. The van der Waals surface area contributed by atoms with E-state index in [1.54, 1.807) is 33.8 Å². The molecule has 0 aliphatic carbocycles. The average molecular weight is 414 g/mol. The van der Waals surface area contributed by atoms with Crippen molar-refractivity contribution in [3.05, 3.63) is 69.3 Å². The molecule has 2 aromatic rings. The van der Waals surface area contributed by atoms with E-state index in [9.17, 15) is 24.5 Å². The van der Waals surface area contributed by atoms with Crippen molar-refractivity contribution < 1.29 is 28.8 Å². The number of rotatable bonds is 6. The Morgan fingerprint density at radius 1 is 1.07 bits per heavy atom. The Balaban J connectivity index is 2.01. The van der Waals surface area contributed by atoms with E-state index in [-0.39, 0.29) is 16.8 Å². The number of benzene rings is 2. The lowest BCUT2D eigenvalue weighted by molar-refractivity contribution is -0.385. The van der Waals surface area contributed by atoms with Gasteiger partial charge in [-0.15, -0.1) is 0 Å². The van der Waals surface area contributed by atoms with Gasteiger partial charge in [-0.05, 0) is 45.9 Å². The largest absolute Gasteiger partial charge is 0.454 e. The molecule has 2 aromatic carbocycles. The Morgan fingerprint density at radius 3 is 2.40 bits per heavy atom. The molecule has 0 fully saturated rings. The minimum Gasteiger partial charge on any atom is -0.454 e. The van der Waals surface area contributed by atoms with Crippen LogP contribution in [0, 0.1) is 17.0 Å². The lowest BCUT2D eigenvalue weighted by atomic mass is 10.1. The maximum absolute atomic E-state index is 12.2. The topological polar surface area (TPSA) is 125 Å². The second kappa shape index (κ2) is 9.17. The number of carbonyl (C=O) groups is 3. The van der Waals surface area contributed by atoms with Crippen LogP contribution in [0.1, 0.15) is 47.1 Å². The smallest absolute Gasteiger partial charge is 0.412 e. The van der Waals surface area contributed by atoms with Crippen LogP contribution >= 0.6 is 0 Å². The average Bonchev–Trinajstić information content (AvgIpc) is 2.64. The van der Waals surface area contributed by atoms with Crippen molar-refractivity contribution in [3.8, 4) is 0 Å². The number of ether oxygens (including phenoxy) is 2. The number of esters is 1. The number of hydrogen-bond donors (Lipinski definition) is 1. The number of nitrogens with one attached hydrogen (secondary N) is 1. The van der Waals surface area contributed by atoms with Crippen LogP contribution in [-0.4, -0.2) is 35.0 Å². The molecule has 1 amide bonds. The second-order valence-electron chi connectivity index (χ2n) is 7.47. The fourth-order valence-corrected chi connectivity index (χ4v) is 2.42. The fourth-order valence-electron chi connectivity index (χ4n) is 2.42. The van der Waals surface area contributed by atoms with Gasteiger partial charge in [0.05, 0.1) is 10.5 Å². The van der Waals surface area contributed by atoms with Crippen LogP contribution in [0.15, 0.2) is 42.5 Å². The number of aryl methyl sites for hydroxylation is 1. The molecule has 0 unspecified atom stereocenters. The molecule has 1 N–H and O–H groups in total. The number of nitrogens with zero attached hydrogens (tertiary/aromatic N) is 1. The third kappa shape index (κ3) is 6.40. The Hall–Kier alpha value is -3.75. The molecule has 158 valence electrons. The summed E-state index contributed by atoms with van der Waals surface area (Å²) in [5.74, 6) is -1.35. The summed E-state index contributed by atoms with van der Waals surface area (Å²) in [4.78, 5) is 46.7. The molecule has 0 spiro atoms. The minimum absolute atomic E-state index is 0.0699. The predicted molar refractivity (Wildman–Crippen MR) is 109 cm³/mol. The molecule has 0 aliphatic rings. The zero-order valence-electron chi connectivity index (χ0n) is 17.1. The molecule has 0 aliphatic heterocycles. The van der Waals surface area contributed by atoms with E-state index in [0.29, 0.717) is 11.3 Å². The summed E-state index contributed by atoms with van der Waals surface area (Å²) >= 11 is 0. The number of amides is 1. The molecule has 0 atom stereocenters. The van der Waals surface area contributed by atoms with Crippen molar-refractivity contribution in [2.24, 2.45) is 0 Å². The lowest BCUT2D eigenvalue weighted by Crippen LogP contribution is -2.27. The standard InChI is InChI=1S/C21H22N2O7/c1-13-8-9-14(11-17(13)23(27)28)18(24)12-29-19(25)15-6-5-7-16(10-15)22-20(26)30-21(2,3)4/h5-11H,12H2,1-4H3,(H,22,26). The Bertz CT molecular complexity index is 993. The normalized spacial score (nSPS) is 10.8. The van der Waals surface area contributed by atoms with Gasteiger partial charge in [0.2, 0.25) is 5.78 Å². The number of anilines is 1. The Labute approximate surface area is 173 Å². The number of nitro groups is 1. The van der Waals surface area contributed by atoms with Crippen LogP contribution in [0.25, 0.3) is 0 Å². The van der Waals surface area contributed by atoms with E-state index < -0.39 is 35.0 Å². The van der Waals surface area contributed by atoms with Gasteiger partial charge in [-0.2, -0.15) is 0 Å². The SMILES string of the molecule is Cc1ccc(C(=O)COC(=O)c2cccc(NC(=O)OC(C)(C)C)c2)cc1[N+](=O)[O-]. The summed E-state index contributed by atoms with van der Waals surface area (Å²) < 4.78 is 10.2. The van der Waals surface area contributed by atoms with E-state index in [4.69, 9.17) is 9.47 Å². The summed E-state index contributed by atoms with van der Waals surface area (Å²) in [7, 11) is 0. The monoisotopic (exact) mass is 414 g/mol. The van der Waals surface area contributed by atoms with Crippen molar-refractivity contribution in [2.45, 2.75) is 33.3 Å². The summed E-state index contributed by atoms with van der Waals surface area (Å²) in [6, 6.07) is 9.99. The highest BCUT2D eigenvalue weighted by Gasteiger charge is 2.18. The maximum Gasteiger partial charge on any atom is 0.412 e. The number of hydrogen-bond acceptors (Lipinski definition) is 7. The van der Waals surface area contributed by atoms with Crippen LogP contribution in [-0.2, 0) is 9.47 Å². The van der Waals surface area contributed by atoms with Crippen LogP contribution in [0.2, 0.25) is 0 Å². The lowest BCUT2D eigenvalue weighted by Gasteiger charge is -2.19. The Morgan fingerprint density at radius 2 is 1.77 bits per heavy atom. The van der Waals surface area contributed by atoms with Crippen LogP contribution in [0.5, 0.6) is 0 Å². The van der Waals surface area contributed by atoms with E-state index >= 15 is 0 Å². The van der Waals surface area contributed by atoms with Gasteiger partial charge >= 0.3 is 12.1 Å². The van der Waals surface area contributed by atoms with E-state index in [2.05, 4.69) is 5.32 Å². The predicted octanol–water partition coefficient (Wildman–Crippen LogP) is 4.29. The first-order valence-corrected chi connectivity index (χ1v) is 9.02. The van der Waals surface area contributed by atoms with Gasteiger partial charge in [0, 0.05) is 22.9 Å². The third-order valence-corrected chi connectivity index (χ3v) is 3.81. The molecular formula is C21H22N2O7. The Kier molecular flexibility index (Phi) is 6.89. The van der Waals surface area contributed by atoms with E-state index in [0.717, 1.165) is 6.07 Å². The first-order chi connectivity index (χ1) is 14.0. The second-order valence-corrected chi connectivity index (χ2v) is 7.47. The van der Waals surface area contributed by atoms with E-state index in [1.165, 1.54) is 30.3 Å². The van der Waals surface area contributed by atoms with E-state index in [1.807, 2.05) is 0 Å². The molecule has 0 radical (unpaired) electrons. The third-order valence-electron chi connectivity index (χ3n) is 3.81. The van der Waals surface area contributed by atoms with Crippen molar-refractivity contribution >= 4 is 29.2 Å². The van der Waals surface area contributed by atoms with Crippen molar-refractivity contribution in [2.75, 3.05) is 11.9 Å². The zero-order chi connectivity index (χ0) is 22.5. The van der Waals surface area contributed by atoms with Crippen LogP contribution in [0.3, 0.4) is 0 Å². The van der Waals surface area contributed by atoms with Crippen molar-refractivity contribution in [1.82, 2.24) is 0 Å². The highest BCUT2D eigenvalue weighted by Crippen LogP contribution is 2.20. The summed E-state index contributed by atoms with van der Waals surface area (Å²) in [6.45, 7) is 6.15. The van der Waals surface area contributed by atoms with Crippen molar-refractivity contribution in [1.29, 1.82) is 0 Å². The number of ketones is 1. The van der Waals surface area contributed by atoms with Gasteiger partial charge in [0.15, 0.2) is 6.61 Å². The van der Waals surface area contributed by atoms with Gasteiger partial charge in [0.25, 0.3) is 5.69 Å². The molecule has 30 heavy (non-hydrogen) atoms. The zero-order valence-corrected chi connectivity index (χ0v) is 17.1. The van der Waals surface area contributed by atoms with Gasteiger partial charge in [-0.3, -0.25) is 20.2 Å². The summed E-state index contributed by atoms with van der Waals surface area (Å²) in [5.41, 5.74) is 0.0632. The molecule has 9 heteroatoms. The molecular weight excluding hydrogens is 392 g/mol. The fraction of sp³-hybridized carbons (Fsp3) is 0.286. The maximum atomic E-state index is 12.2. The quantitative estimate of drug-likeness (QED) is 0.323. The van der Waals surface area contributed by atoms with Crippen LogP contribution in [0.4, 0.5) is 16.2 Å². The van der Waals surface area contributed by atoms with Gasteiger partial charge in [-0.25, -0.2) is 9.59 Å². The van der Waals surface area contributed by atoms with Gasteiger partial charge in [0.1, 0.15) is 5.60 Å². The first-order valence-electron chi connectivity index (χ1n) is 9.02.